The molecule has 1 atom stereocenters. The zero-order valence-electron chi connectivity index (χ0n) is 8.38. The summed E-state index contributed by atoms with van der Waals surface area (Å²) in [5.41, 5.74) is -0.620. The van der Waals surface area contributed by atoms with E-state index in [0.29, 0.717) is 13.1 Å². The zero-order chi connectivity index (χ0) is 9.61. The minimum absolute atomic E-state index is 0.160. The highest BCUT2D eigenvalue weighted by Gasteiger charge is 2.20. The van der Waals surface area contributed by atoms with Gasteiger partial charge in [-0.05, 0) is 19.9 Å². The maximum atomic E-state index is 9.73. The van der Waals surface area contributed by atoms with Crippen molar-refractivity contribution < 1.29 is 10.2 Å². The number of rotatable bonds is 6. The zero-order valence-corrected chi connectivity index (χ0v) is 8.38. The van der Waals surface area contributed by atoms with E-state index in [1.165, 1.54) is 0 Å². The van der Waals surface area contributed by atoms with Gasteiger partial charge in [0.2, 0.25) is 0 Å². The molecule has 0 rings (SSSR count). The number of hydrogen-bond acceptors (Lipinski definition) is 3. The Morgan fingerprint density at radius 2 is 1.92 bits per heavy atom. The normalized spacial score (nSPS) is 16.5. The Bertz CT molecular complexity index is 115. The van der Waals surface area contributed by atoms with Crippen LogP contribution in [-0.4, -0.2) is 47.0 Å². The Labute approximate surface area is 75.0 Å². The second-order valence-corrected chi connectivity index (χ2v) is 3.44. The predicted octanol–water partition coefficient (Wildman–Crippen LogP) is 0.462. The van der Waals surface area contributed by atoms with Gasteiger partial charge < -0.3 is 10.2 Å². The number of hydrogen-bond donors (Lipinski definition) is 2. The molecule has 0 aromatic rings. The van der Waals surface area contributed by atoms with Gasteiger partial charge in [-0.2, -0.15) is 0 Å². The van der Waals surface area contributed by atoms with Gasteiger partial charge in [0, 0.05) is 13.1 Å². The van der Waals surface area contributed by atoms with E-state index in [-0.39, 0.29) is 6.61 Å². The molecule has 0 aromatic heterocycles. The van der Waals surface area contributed by atoms with Gasteiger partial charge in [0.05, 0.1) is 12.2 Å². The maximum Gasteiger partial charge on any atom is 0.0743 e. The first-order valence-electron chi connectivity index (χ1n) is 4.61. The van der Waals surface area contributed by atoms with Crippen molar-refractivity contribution in [3.8, 4) is 0 Å². The van der Waals surface area contributed by atoms with Crippen LogP contribution in [0.5, 0.6) is 0 Å². The van der Waals surface area contributed by atoms with Gasteiger partial charge in [0.1, 0.15) is 0 Å². The van der Waals surface area contributed by atoms with Crippen LogP contribution in [0.1, 0.15) is 27.2 Å². The molecule has 3 heteroatoms. The Kier molecular flexibility index (Phi) is 5.46. The van der Waals surface area contributed by atoms with Crippen LogP contribution in [0.3, 0.4) is 0 Å². The Morgan fingerprint density at radius 1 is 1.33 bits per heavy atom. The molecule has 12 heavy (non-hydrogen) atoms. The highest BCUT2D eigenvalue weighted by molar-refractivity contribution is 4.74. The fourth-order valence-corrected chi connectivity index (χ4v) is 1.08. The molecule has 0 spiro atoms. The molecular formula is C9H21NO2. The van der Waals surface area contributed by atoms with Crippen molar-refractivity contribution in [1.82, 2.24) is 4.90 Å². The molecule has 0 radical (unpaired) electrons. The van der Waals surface area contributed by atoms with Gasteiger partial charge in [-0.1, -0.05) is 13.8 Å². The summed E-state index contributed by atoms with van der Waals surface area (Å²) in [5, 5.41) is 18.4. The molecule has 0 aliphatic heterocycles. The first-order valence-corrected chi connectivity index (χ1v) is 4.61. The first-order chi connectivity index (χ1) is 5.55. The summed E-state index contributed by atoms with van der Waals surface area (Å²) in [5.74, 6) is 0. The Morgan fingerprint density at radius 3 is 2.25 bits per heavy atom. The van der Waals surface area contributed by atoms with Gasteiger partial charge in [0.15, 0.2) is 0 Å². The first kappa shape index (κ1) is 11.9. The van der Waals surface area contributed by atoms with E-state index in [0.717, 1.165) is 13.0 Å². The Hall–Kier alpha value is -0.120. The topological polar surface area (TPSA) is 43.7 Å². The van der Waals surface area contributed by atoms with Crippen molar-refractivity contribution in [2.45, 2.75) is 32.8 Å². The molecule has 1 unspecified atom stereocenters. The van der Waals surface area contributed by atoms with Gasteiger partial charge in [-0.25, -0.2) is 0 Å². The summed E-state index contributed by atoms with van der Waals surface area (Å²) in [6.07, 6.45) is 0.745. The second-order valence-electron chi connectivity index (χ2n) is 3.44. The summed E-state index contributed by atoms with van der Waals surface area (Å²) in [4.78, 5) is 2.05. The number of aliphatic hydroxyl groups is 2. The summed E-state index contributed by atoms with van der Waals surface area (Å²) in [7, 11) is 0. The fourth-order valence-electron chi connectivity index (χ4n) is 1.08. The molecule has 0 aliphatic carbocycles. The lowest BCUT2D eigenvalue weighted by Crippen LogP contribution is -2.41. The molecule has 0 heterocycles. The van der Waals surface area contributed by atoms with Crippen LogP contribution in [0.25, 0.3) is 0 Å². The smallest absolute Gasteiger partial charge is 0.0743 e. The average Bonchev–Trinajstić information content (AvgIpc) is 2.03. The van der Waals surface area contributed by atoms with Crippen LogP contribution in [-0.2, 0) is 0 Å². The minimum Gasteiger partial charge on any atom is -0.395 e. The van der Waals surface area contributed by atoms with Crippen LogP contribution >= 0.6 is 0 Å². The monoisotopic (exact) mass is 175 g/mol. The SMILES string of the molecule is CCN(CCO)CC(C)(O)CC. The van der Waals surface area contributed by atoms with Gasteiger partial charge in [-0.15, -0.1) is 0 Å². The van der Waals surface area contributed by atoms with E-state index < -0.39 is 5.60 Å². The molecule has 0 aromatic carbocycles. The molecule has 0 saturated carbocycles. The standard InChI is InChI=1S/C9H21NO2/c1-4-9(3,12)8-10(5-2)6-7-11/h11-12H,4-8H2,1-3H3. The molecule has 3 nitrogen and oxygen atoms in total. The summed E-state index contributed by atoms with van der Waals surface area (Å²) in [6.45, 7) is 8.14. The van der Waals surface area contributed by atoms with Crippen molar-refractivity contribution >= 4 is 0 Å². The van der Waals surface area contributed by atoms with Crippen molar-refractivity contribution in [1.29, 1.82) is 0 Å². The predicted molar refractivity (Wildman–Crippen MR) is 50.1 cm³/mol. The van der Waals surface area contributed by atoms with Crippen LogP contribution in [0.4, 0.5) is 0 Å². The number of nitrogens with zero attached hydrogens (tertiary/aromatic N) is 1. The minimum atomic E-state index is -0.620. The van der Waals surface area contributed by atoms with E-state index in [1.54, 1.807) is 0 Å². The highest BCUT2D eigenvalue weighted by Crippen LogP contribution is 2.10. The second kappa shape index (κ2) is 5.51. The lowest BCUT2D eigenvalue weighted by atomic mass is 10.0. The van der Waals surface area contributed by atoms with Crippen molar-refractivity contribution in [3.05, 3.63) is 0 Å². The van der Waals surface area contributed by atoms with Crippen LogP contribution in [0.15, 0.2) is 0 Å². The van der Waals surface area contributed by atoms with Crippen LogP contribution in [0, 0.1) is 0 Å². The third-order valence-electron chi connectivity index (χ3n) is 2.19. The maximum absolute atomic E-state index is 9.73. The Balaban J connectivity index is 3.83. The van der Waals surface area contributed by atoms with Gasteiger partial charge in [-0.3, -0.25) is 4.90 Å². The van der Waals surface area contributed by atoms with E-state index in [9.17, 15) is 5.11 Å². The van der Waals surface area contributed by atoms with E-state index >= 15 is 0 Å². The largest absolute Gasteiger partial charge is 0.395 e. The lowest BCUT2D eigenvalue weighted by Gasteiger charge is -2.29. The third kappa shape index (κ3) is 4.70. The molecule has 0 aliphatic rings. The summed E-state index contributed by atoms with van der Waals surface area (Å²) < 4.78 is 0. The van der Waals surface area contributed by atoms with E-state index in [2.05, 4.69) is 0 Å². The van der Waals surface area contributed by atoms with E-state index in [4.69, 9.17) is 5.11 Å². The van der Waals surface area contributed by atoms with Crippen molar-refractivity contribution in [3.63, 3.8) is 0 Å². The quantitative estimate of drug-likeness (QED) is 0.616. The third-order valence-corrected chi connectivity index (χ3v) is 2.19. The summed E-state index contributed by atoms with van der Waals surface area (Å²) in [6, 6.07) is 0. The van der Waals surface area contributed by atoms with Crippen molar-refractivity contribution in [2.75, 3.05) is 26.2 Å². The van der Waals surface area contributed by atoms with Crippen LogP contribution in [0.2, 0.25) is 0 Å². The van der Waals surface area contributed by atoms with Crippen LogP contribution < -0.4 is 0 Å². The molecule has 0 bridgehead atoms. The summed E-state index contributed by atoms with van der Waals surface area (Å²) >= 11 is 0. The average molecular weight is 175 g/mol. The molecule has 0 amide bonds. The molecule has 2 N–H and O–H groups in total. The molecule has 74 valence electrons. The van der Waals surface area contributed by atoms with Crippen molar-refractivity contribution in [2.24, 2.45) is 0 Å². The molecular weight excluding hydrogens is 154 g/mol. The number of likely N-dealkylation sites (N-methyl/N-ethyl adjacent to an activating group) is 1. The fraction of sp³-hybridized carbons (Fsp3) is 1.00. The van der Waals surface area contributed by atoms with E-state index in [1.807, 2.05) is 25.7 Å². The molecule has 0 saturated heterocycles. The van der Waals surface area contributed by atoms with Gasteiger partial charge in [0.25, 0.3) is 0 Å². The highest BCUT2D eigenvalue weighted by atomic mass is 16.3. The number of aliphatic hydroxyl groups excluding tert-OH is 1. The lowest BCUT2D eigenvalue weighted by molar-refractivity contribution is 0.0138. The molecule has 0 fully saturated rings. The van der Waals surface area contributed by atoms with Gasteiger partial charge >= 0.3 is 0 Å².